The van der Waals surface area contributed by atoms with Gasteiger partial charge in [-0.25, -0.2) is 18.7 Å². The molecule has 4 rings (SSSR count). The number of ketones is 1. The second kappa shape index (κ2) is 11.6. The molecule has 0 aliphatic carbocycles. The van der Waals surface area contributed by atoms with Crippen LogP contribution < -0.4 is 4.74 Å². The summed E-state index contributed by atoms with van der Waals surface area (Å²) < 4.78 is 33.7. The van der Waals surface area contributed by atoms with Crippen LogP contribution in [0.2, 0.25) is 5.02 Å². The van der Waals surface area contributed by atoms with Gasteiger partial charge in [0.2, 0.25) is 5.88 Å². The van der Waals surface area contributed by atoms with Crippen LogP contribution in [0.25, 0.3) is 11.3 Å². The molecule has 0 unspecified atom stereocenters. The molecule has 0 aliphatic rings. The first-order valence-electron chi connectivity index (χ1n) is 12.1. The maximum atomic E-state index is 13.8. The predicted octanol–water partition coefficient (Wildman–Crippen LogP) is 7.79. The molecule has 0 saturated heterocycles. The minimum absolute atomic E-state index is 0.000147. The summed E-state index contributed by atoms with van der Waals surface area (Å²) in [5.41, 5.74) is 3.77. The van der Waals surface area contributed by atoms with E-state index in [1.54, 1.807) is 24.5 Å². The minimum atomic E-state index is -2.86. The Kier molecular flexibility index (Phi) is 8.29. The first-order valence-corrected chi connectivity index (χ1v) is 12.4. The third-order valence-corrected chi connectivity index (χ3v) is 6.49. The summed E-state index contributed by atoms with van der Waals surface area (Å²) in [5, 5.41) is 0.615. The summed E-state index contributed by atoms with van der Waals surface area (Å²) in [7, 11) is 0. The Morgan fingerprint density at radius 2 is 1.51 bits per heavy atom. The highest BCUT2D eigenvalue weighted by Gasteiger charge is 2.28. The van der Waals surface area contributed by atoms with E-state index in [1.807, 2.05) is 55.5 Å². The van der Waals surface area contributed by atoms with Crippen LogP contribution >= 0.6 is 11.6 Å². The highest BCUT2D eigenvalue weighted by atomic mass is 35.5. The van der Waals surface area contributed by atoms with Crippen molar-refractivity contribution in [1.29, 1.82) is 0 Å². The standard InChI is InChI=1S/C30H27ClF2N2O2/c1-3-30(32,33)24-14-10-22(11-15-24)19-25(36)18-21-8-12-23(13-9-21)28-29(35-17-16-34-28)37-20(2)26-6-4-5-7-27(26)31/h4-17,20H,3,18-19H2,1-2H3/t20-/m0/s1. The minimum Gasteiger partial charge on any atom is -0.468 e. The molecule has 0 bridgehead atoms. The molecular weight excluding hydrogens is 494 g/mol. The molecule has 0 spiro atoms. The second-order valence-electron chi connectivity index (χ2n) is 8.84. The smallest absolute Gasteiger partial charge is 0.273 e. The van der Waals surface area contributed by atoms with Gasteiger partial charge in [-0.1, -0.05) is 85.3 Å². The number of alkyl halides is 2. The van der Waals surface area contributed by atoms with E-state index in [1.165, 1.54) is 19.1 Å². The van der Waals surface area contributed by atoms with Gasteiger partial charge in [-0.3, -0.25) is 4.79 Å². The number of ether oxygens (including phenoxy) is 1. The van der Waals surface area contributed by atoms with Gasteiger partial charge in [0.1, 0.15) is 17.6 Å². The SMILES string of the molecule is CCC(F)(F)c1ccc(CC(=O)Cc2ccc(-c3nccnc3O[C@@H](C)c3ccccc3Cl)cc2)cc1. The summed E-state index contributed by atoms with van der Waals surface area (Å²) in [4.78, 5) is 21.4. The molecule has 3 aromatic carbocycles. The summed E-state index contributed by atoms with van der Waals surface area (Å²) in [6, 6.07) is 21.0. The maximum absolute atomic E-state index is 13.8. The van der Waals surface area contributed by atoms with Gasteiger partial charge >= 0.3 is 0 Å². The lowest BCUT2D eigenvalue weighted by Gasteiger charge is -2.17. The second-order valence-corrected chi connectivity index (χ2v) is 9.24. The molecule has 0 N–H and O–H groups in total. The van der Waals surface area contributed by atoms with Gasteiger partial charge in [0.15, 0.2) is 0 Å². The van der Waals surface area contributed by atoms with E-state index in [0.717, 1.165) is 16.7 Å². The van der Waals surface area contributed by atoms with Crippen LogP contribution in [0.5, 0.6) is 5.88 Å². The zero-order valence-electron chi connectivity index (χ0n) is 20.6. The van der Waals surface area contributed by atoms with Crippen molar-refractivity contribution >= 4 is 17.4 Å². The molecule has 1 heterocycles. The van der Waals surface area contributed by atoms with Crippen LogP contribution in [0.1, 0.15) is 48.6 Å². The lowest BCUT2D eigenvalue weighted by atomic mass is 9.99. The van der Waals surface area contributed by atoms with Crippen molar-refractivity contribution in [1.82, 2.24) is 9.97 Å². The molecule has 1 aromatic heterocycles. The zero-order chi connectivity index (χ0) is 26.4. The topological polar surface area (TPSA) is 52.1 Å². The van der Waals surface area contributed by atoms with Gasteiger partial charge < -0.3 is 4.74 Å². The van der Waals surface area contributed by atoms with Crippen molar-refractivity contribution in [2.45, 2.75) is 45.1 Å². The first kappa shape index (κ1) is 26.4. The fraction of sp³-hybridized carbons (Fsp3) is 0.233. The van der Waals surface area contributed by atoms with E-state index >= 15 is 0 Å². The molecule has 37 heavy (non-hydrogen) atoms. The van der Waals surface area contributed by atoms with Gasteiger partial charge in [0.25, 0.3) is 5.92 Å². The lowest BCUT2D eigenvalue weighted by molar-refractivity contribution is -0.117. The van der Waals surface area contributed by atoms with Gasteiger partial charge in [0, 0.05) is 53.4 Å². The summed E-state index contributed by atoms with van der Waals surface area (Å²) >= 11 is 6.31. The molecule has 0 aliphatic heterocycles. The van der Waals surface area contributed by atoms with Crippen molar-refractivity contribution in [2.24, 2.45) is 0 Å². The normalized spacial score (nSPS) is 12.2. The highest BCUT2D eigenvalue weighted by molar-refractivity contribution is 6.31. The number of Topliss-reactive ketones (excluding diaryl/α,β-unsaturated/α-hetero) is 1. The molecule has 4 nitrogen and oxygen atoms in total. The predicted molar refractivity (Wildman–Crippen MR) is 141 cm³/mol. The largest absolute Gasteiger partial charge is 0.468 e. The Hall–Kier alpha value is -3.64. The number of hydrogen-bond donors (Lipinski definition) is 0. The fourth-order valence-corrected chi connectivity index (χ4v) is 4.30. The van der Waals surface area contributed by atoms with Crippen molar-refractivity contribution in [3.05, 3.63) is 112 Å². The maximum Gasteiger partial charge on any atom is 0.273 e. The number of carbonyl (C=O) groups is 1. The highest BCUT2D eigenvalue weighted by Crippen LogP contribution is 2.32. The van der Waals surface area contributed by atoms with E-state index in [9.17, 15) is 13.6 Å². The third kappa shape index (κ3) is 6.57. The number of benzene rings is 3. The van der Waals surface area contributed by atoms with Crippen molar-refractivity contribution in [2.75, 3.05) is 0 Å². The van der Waals surface area contributed by atoms with Crippen LogP contribution in [0, 0.1) is 0 Å². The average molecular weight is 521 g/mol. The quantitative estimate of drug-likeness (QED) is 0.214. The zero-order valence-corrected chi connectivity index (χ0v) is 21.4. The molecule has 0 saturated carbocycles. The third-order valence-electron chi connectivity index (χ3n) is 6.15. The van der Waals surface area contributed by atoms with Gasteiger partial charge in [-0.2, -0.15) is 0 Å². The fourth-order valence-electron chi connectivity index (χ4n) is 4.01. The number of aromatic nitrogens is 2. The van der Waals surface area contributed by atoms with Gasteiger partial charge in [-0.15, -0.1) is 0 Å². The number of rotatable bonds is 10. The van der Waals surface area contributed by atoms with Gasteiger partial charge in [-0.05, 0) is 24.1 Å². The first-order chi connectivity index (χ1) is 17.8. The molecular formula is C30H27ClF2N2O2. The van der Waals surface area contributed by atoms with E-state index in [2.05, 4.69) is 9.97 Å². The van der Waals surface area contributed by atoms with Crippen LogP contribution in [-0.2, 0) is 23.6 Å². The molecule has 7 heteroatoms. The molecule has 0 fully saturated rings. The van der Waals surface area contributed by atoms with E-state index in [-0.39, 0.29) is 36.7 Å². The number of hydrogen-bond acceptors (Lipinski definition) is 4. The van der Waals surface area contributed by atoms with Crippen LogP contribution in [0.15, 0.2) is 85.2 Å². The van der Waals surface area contributed by atoms with E-state index in [4.69, 9.17) is 16.3 Å². The number of halogens is 3. The molecule has 0 amide bonds. The van der Waals surface area contributed by atoms with E-state index < -0.39 is 5.92 Å². The molecule has 190 valence electrons. The molecule has 4 aromatic rings. The van der Waals surface area contributed by atoms with Gasteiger partial charge in [0.05, 0.1) is 0 Å². The summed E-state index contributed by atoms with van der Waals surface area (Å²) in [6.07, 6.45) is 3.00. The Morgan fingerprint density at radius 1 is 0.919 bits per heavy atom. The Morgan fingerprint density at radius 3 is 2.14 bits per heavy atom. The molecule has 1 atom stereocenters. The Labute approximate surface area is 220 Å². The van der Waals surface area contributed by atoms with Crippen molar-refractivity contribution in [3.63, 3.8) is 0 Å². The summed E-state index contributed by atoms with van der Waals surface area (Å²) in [5.74, 6) is -2.47. The lowest BCUT2D eigenvalue weighted by Crippen LogP contribution is -2.12. The number of nitrogens with zero attached hydrogens (tertiary/aromatic N) is 2. The van der Waals surface area contributed by atoms with E-state index in [0.29, 0.717) is 22.2 Å². The monoisotopic (exact) mass is 520 g/mol. The summed E-state index contributed by atoms with van der Waals surface area (Å²) in [6.45, 7) is 3.35. The average Bonchev–Trinajstić information content (AvgIpc) is 2.90. The molecule has 0 radical (unpaired) electrons. The Bertz CT molecular complexity index is 1360. The number of carbonyl (C=O) groups excluding carboxylic acids is 1. The van der Waals surface area contributed by atoms with Crippen LogP contribution in [-0.4, -0.2) is 15.8 Å². The van der Waals surface area contributed by atoms with Crippen molar-refractivity contribution in [3.8, 4) is 17.1 Å². The van der Waals surface area contributed by atoms with Crippen molar-refractivity contribution < 1.29 is 18.3 Å². The van der Waals surface area contributed by atoms with Crippen LogP contribution in [0.4, 0.5) is 8.78 Å². The Balaban J connectivity index is 1.42. The van der Waals surface area contributed by atoms with Crippen LogP contribution in [0.3, 0.4) is 0 Å².